The Morgan fingerprint density at radius 1 is 1.45 bits per heavy atom. The van der Waals surface area contributed by atoms with Gasteiger partial charge in [0.2, 0.25) is 0 Å². The maximum Gasteiger partial charge on any atom is 0.323 e. The van der Waals surface area contributed by atoms with Gasteiger partial charge in [-0.15, -0.1) is 0 Å². The number of amides is 1. The summed E-state index contributed by atoms with van der Waals surface area (Å²) in [5.74, 6) is 0.269. The summed E-state index contributed by atoms with van der Waals surface area (Å²) < 4.78 is 11.2. The lowest BCUT2D eigenvalue weighted by Gasteiger charge is -2.12. The second-order valence-corrected chi connectivity index (χ2v) is 5.08. The topological polar surface area (TPSA) is 96.2 Å². The van der Waals surface area contributed by atoms with E-state index in [0.29, 0.717) is 18.0 Å². The molecular formula is C15H17N3O4. The van der Waals surface area contributed by atoms with Gasteiger partial charge in [0.25, 0.3) is 5.91 Å². The molecule has 1 aliphatic heterocycles. The molecule has 1 aliphatic rings. The summed E-state index contributed by atoms with van der Waals surface area (Å²) in [4.78, 5) is 27.7. The minimum Gasteiger partial charge on any atom is -0.491 e. The number of aromatic nitrogens is 2. The number of H-pyrrole nitrogens is 2. The number of imidazole rings is 1. The summed E-state index contributed by atoms with van der Waals surface area (Å²) in [7, 11) is 0. The van der Waals surface area contributed by atoms with Crippen molar-refractivity contribution in [1.82, 2.24) is 9.97 Å². The number of nitrogens with one attached hydrogen (secondary N) is 3. The molecule has 1 saturated heterocycles. The Labute approximate surface area is 126 Å². The van der Waals surface area contributed by atoms with Crippen molar-refractivity contribution in [1.29, 1.82) is 0 Å². The van der Waals surface area contributed by atoms with E-state index in [1.165, 1.54) is 6.20 Å². The van der Waals surface area contributed by atoms with E-state index in [1.54, 1.807) is 18.2 Å². The van der Waals surface area contributed by atoms with Crippen LogP contribution >= 0.6 is 0 Å². The predicted molar refractivity (Wildman–Crippen MR) is 80.3 cm³/mol. The zero-order valence-corrected chi connectivity index (χ0v) is 11.9. The summed E-state index contributed by atoms with van der Waals surface area (Å²) in [6, 6.07) is 7.10. The minimum absolute atomic E-state index is 0.142. The van der Waals surface area contributed by atoms with Crippen LogP contribution in [0.15, 0.2) is 35.3 Å². The van der Waals surface area contributed by atoms with Crippen molar-refractivity contribution in [3.63, 3.8) is 0 Å². The predicted octanol–water partition coefficient (Wildman–Crippen LogP) is 1.51. The van der Waals surface area contributed by atoms with Crippen LogP contribution < -0.4 is 15.7 Å². The second kappa shape index (κ2) is 6.48. The smallest absolute Gasteiger partial charge is 0.323 e. The minimum atomic E-state index is -0.418. The van der Waals surface area contributed by atoms with E-state index in [1.807, 2.05) is 6.07 Å². The fourth-order valence-corrected chi connectivity index (χ4v) is 2.28. The van der Waals surface area contributed by atoms with Crippen LogP contribution in [0.2, 0.25) is 0 Å². The Morgan fingerprint density at radius 2 is 2.36 bits per heavy atom. The molecule has 1 amide bonds. The number of carbonyl (C=O) groups excluding carboxylic acids is 1. The molecule has 2 aromatic rings. The Balaban J connectivity index is 1.60. The lowest BCUT2D eigenvalue weighted by Crippen LogP contribution is -2.16. The van der Waals surface area contributed by atoms with E-state index < -0.39 is 11.6 Å². The zero-order chi connectivity index (χ0) is 15.4. The number of hydrogen-bond donors (Lipinski definition) is 3. The average molecular weight is 303 g/mol. The van der Waals surface area contributed by atoms with Crippen molar-refractivity contribution in [2.75, 3.05) is 18.5 Å². The van der Waals surface area contributed by atoms with Gasteiger partial charge in [-0.05, 0) is 25.0 Å². The van der Waals surface area contributed by atoms with Crippen molar-refractivity contribution in [2.24, 2.45) is 0 Å². The lowest BCUT2D eigenvalue weighted by atomic mass is 10.2. The summed E-state index contributed by atoms with van der Waals surface area (Å²) in [6.07, 6.45) is 3.55. The van der Waals surface area contributed by atoms with E-state index in [9.17, 15) is 9.59 Å². The van der Waals surface area contributed by atoms with Gasteiger partial charge in [0.1, 0.15) is 18.1 Å². The van der Waals surface area contributed by atoms with Crippen molar-refractivity contribution in [2.45, 2.75) is 18.9 Å². The van der Waals surface area contributed by atoms with Gasteiger partial charge in [0.15, 0.2) is 0 Å². The highest BCUT2D eigenvalue weighted by molar-refractivity contribution is 6.02. The van der Waals surface area contributed by atoms with Gasteiger partial charge in [-0.3, -0.25) is 4.79 Å². The standard InChI is InChI=1S/C15H17N3O4/c19-14(13-8-16-15(20)18-13)17-10-3-1-4-11(7-10)22-9-12-5-2-6-21-12/h1,3-4,7-8,12H,2,5-6,9H2,(H,17,19)(H2,16,18,20)/t12-/m0/s1. The first-order chi connectivity index (χ1) is 10.7. The average Bonchev–Trinajstić information content (AvgIpc) is 3.17. The SMILES string of the molecule is O=C(Nc1cccc(OC[C@@H]2CCCO2)c1)c1c[nH]c(=O)[nH]1. The number of benzene rings is 1. The quantitative estimate of drug-likeness (QED) is 0.780. The fraction of sp³-hybridized carbons (Fsp3) is 0.333. The van der Waals surface area contributed by atoms with Crippen molar-refractivity contribution in [3.8, 4) is 5.75 Å². The highest BCUT2D eigenvalue weighted by Crippen LogP contribution is 2.20. The molecule has 116 valence electrons. The molecule has 22 heavy (non-hydrogen) atoms. The van der Waals surface area contributed by atoms with Crippen LogP contribution in [0.1, 0.15) is 23.3 Å². The normalized spacial score (nSPS) is 17.4. The Hall–Kier alpha value is -2.54. The fourth-order valence-electron chi connectivity index (χ4n) is 2.28. The second-order valence-electron chi connectivity index (χ2n) is 5.08. The van der Waals surface area contributed by atoms with Crippen molar-refractivity contribution >= 4 is 11.6 Å². The highest BCUT2D eigenvalue weighted by atomic mass is 16.5. The van der Waals surface area contributed by atoms with Crippen LogP contribution in [0.5, 0.6) is 5.75 Å². The highest BCUT2D eigenvalue weighted by Gasteiger charge is 2.16. The van der Waals surface area contributed by atoms with Gasteiger partial charge in [-0.1, -0.05) is 6.07 Å². The maximum absolute atomic E-state index is 11.9. The largest absolute Gasteiger partial charge is 0.491 e. The number of hydrogen-bond acceptors (Lipinski definition) is 4. The molecule has 0 bridgehead atoms. The number of carbonyl (C=O) groups is 1. The molecule has 0 saturated carbocycles. The first-order valence-electron chi connectivity index (χ1n) is 7.14. The molecule has 3 rings (SSSR count). The Kier molecular flexibility index (Phi) is 4.24. The molecule has 1 aromatic carbocycles. The molecular weight excluding hydrogens is 286 g/mol. The molecule has 1 aromatic heterocycles. The van der Waals surface area contributed by atoms with Crippen LogP contribution in [-0.2, 0) is 4.74 Å². The summed E-state index contributed by atoms with van der Waals surface area (Å²) in [5.41, 5.74) is 0.353. The Bertz CT molecular complexity index is 701. The van der Waals surface area contributed by atoms with Crippen LogP contribution in [0.4, 0.5) is 5.69 Å². The van der Waals surface area contributed by atoms with Gasteiger partial charge in [0, 0.05) is 24.6 Å². The molecule has 0 radical (unpaired) electrons. The van der Waals surface area contributed by atoms with Gasteiger partial charge in [-0.2, -0.15) is 0 Å². The summed E-state index contributed by atoms with van der Waals surface area (Å²) in [5, 5.41) is 2.70. The molecule has 3 N–H and O–H groups in total. The van der Waals surface area contributed by atoms with Crippen molar-refractivity contribution in [3.05, 3.63) is 46.6 Å². The molecule has 1 fully saturated rings. The number of anilines is 1. The van der Waals surface area contributed by atoms with E-state index in [4.69, 9.17) is 9.47 Å². The van der Waals surface area contributed by atoms with Crippen LogP contribution in [-0.4, -0.2) is 35.2 Å². The molecule has 0 unspecified atom stereocenters. The molecule has 7 heteroatoms. The Morgan fingerprint density at radius 3 is 3.09 bits per heavy atom. The number of rotatable bonds is 5. The summed E-state index contributed by atoms with van der Waals surface area (Å²) >= 11 is 0. The molecule has 2 heterocycles. The molecule has 0 spiro atoms. The monoisotopic (exact) mass is 303 g/mol. The molecule has 1 atom stereocenters. The lowest BCUT2D eigenvalue weighted by molar-refractivity contribution is 0.0680. The van der Waals surface area contributed by atoms with Crippen molar-refractivity contribution < 1.29 is 14.3 Å². The van der Waals surface area contributed by atoms with Gasteiger partial charge < -0.3 is 24.8 Å². The van der Waals surface area contributed by atoms with Gasteiger partial charge in [-0.25, -0.2) is 4.79 Å². The van der Waals surface area contributed by atoms with Crippen LogP contribution in [0.25, 0.3) is 0 Å². The molecule has 0 aliphatic carbocycles. The third kappa shape index (κ3) is 3.56. The number of aromatic amines is 2. The van der Waals surface area contributed by atoms with E-state index in [2.05, 4.69) is 15.3 Å². The first kappa shape index (κ1) is 14.4. The third-order valence-corrected chi connectivity index (χ3v) is 3.39. The first-order valence-corrected chi connectivity index (χ1v) is 7.14. The molecule has 7 nitrogen and oxygen atoms in total. The van der Waals surface area contributed by atoms with Crippen LogP contribution in [0, 0.1) is 0 Å². The maximum atomic E-state index is 11.9. The van der Waals surface area contributed by atoms with Gasteiger partial charge >= 0.3 is 5.69 Å². The van der Waals surface area contributed by atoms with E-state index in [0.717, 1.165) is 19.4 Å². The van der Waals surface area contributed by atoms with E-state index in [-0.39, 0.29) is 11.8 Å². The van der Waals surface area contributed by atoms with E-state index >= 15 is 0 Å². The number of ether oxygens (including phenoxy) is 2. The summed E-state index contributed by atoms with van der Waals surface area (Å²) in [6.45, 7) is 1.29. The van der Waals surface area contributed by atoms with Gasteiger partial charge in [0.05, 0.1) is 6.10 Å². The van der Waals surface area contributed by atoms with Crippen LogP contribution in [0.3, 0.4) is 0 Å². The zero-order valence-electron chi connectivity index (χ0n) is 11.9. The third-order valence-electron chi connectivity index (χ3n) is 3.39.